The number of rotatable bonds is 6. The third kappa shape index (κ3) is 3.30. The normalized spacial score (nSPS) is 20.9. The van der Waals surface area contributed by atoms with Crippen LogP contribution in [0.5, 0.6) is 0 Å². The number of nitrogens with one attached hydrogen (secondary N) is 1. The molecule has 0 unspecified atom stereocenters. The van der Waals surface area contributed by atoms with E-state index in [0.29, 0.717) is 17.8 Å². The van der Waals surface area contributed by atoms with E-state index in [4.69, 9.17) is 9.72 Å². The molecule has 1 aliphatic carbocycles. The van der Waals surface area contributed by atoms with Crippen molar-refractivity contribution >= 4 is 28.0 Å². The standard InChI is InChI=1S/C24H25FN4O4/c1-23(2,12-33-3)20-18(14-9-24(32,10-14)22(30)31)19-17(8-13-11-26-28-21(13)27-19)29(20)16-6-4-15(25)5-7-16/h4-8,11,14,32H,9-10,12H2,1-3H3,(H,30,31)(H,26,27,28)/t14-,24+. The number of aromatic amines is 1. The number of methoxy groups -OCH3 is 1. The van der Waals surface area contributed by atoms with Gasteiger partial charge in [0.25, 0.3) is 0 Å². The average molecular weight is 452 g/mol. The van der Waals surface area contributed by atoms with Gasteiger partial charge in [0, 0.05) is 34.9 Å². The Bertz CT molecular complexity index is 1370. The van der Waals surface area contributed by atoms with Crippen LogP contribution in [-0.4, -0.2) is 55.2 Å². The van der Waals surface area contributed by atoms with Crippen LogP contribution in [0.1, 0.15) is 43.9 Å². The van der Waals surface area contributed by atoms with Crippen LogP contribution in [0.3, 0.4) is 0 Å². The van der Waals surface area contributed by atoms with Crippen LogP contribution in [0.4, 0.5) is 4.39 Å². The largest absolute Gasteiger partial charge is 0.479 e. The zero-order valence-corrected chi connectivity index (χ0v) is 18.6. The Hall–Kier alpha value is -3.30. The lowest BCUT2D eigenvalue weighted by atomic mass is 9.66. The van der Waals surface area contributed by atoms with Crippen LogP contribution < -0.4 is 0 Å². The number of nitrogens with zero attached hydrogens (tertiary/aromatic N) is 3. The molecule has 0 saturated heterocycles. The van der Waals surface area contributed by atoms with Gasteiger partial charge in [-0.25, -0.2) is 14.2 Å². The van der Waals surface area contributed by atoms with Crippen LogP contribution in [0.2, 0.25) is 0 Å². The number of pyridine rings is 1. The molecule has 3 N–H and O–H groups in total. The molecule has 0 spiro atoms. The molecular formula is C24H25FN4O4. The minimum absolute atomic E-state index is 0.0869. The number of carboxylic acid groups (broad SMARTS) is 1. The number of hydrogen-bond donors (Lipinski definition) is 3. The van der Waals surface area contributed by atoms with Gasteiger partial charge in [0.2, 0.25) is 0 Å². The summed E-state index contributed by atoms with van der Waals surface area (Å²) in [7, 11) is 1.63. The van der Waals surface area contributed by atoms with Crippen molar-refractivity contribution in [3.05, 3.63) is 53.6 Å². The number of carboxylic acids is 1. The fourth-order valence-electron chi connectivity index (χ4n) is 5.07. The summed E-state index contributed by atoms with van der Waals surface area (Å²) in [6.07, 6.45) is 1.86. The molecule has 172 valence electrons. The van der Waals surface area contributed by atoms with Crippen molar-refractivity contribution in [2.45, 2.75) is 43.6 Å². The quantitative estimate of drug-likeness (QED) is 0.412. The summed E-state index contributed by atoms with van der Waals surface area (Å²) in [6.45, 7) is 4.49. The number of fused-ring (bicyclic) bond motifs is 2. The highest BCUT2D eigenvalue weighted by Crippen LogP contribution is 2.51. The van der Waals surface area contributed by atoms with Gasteiger partial charge in [-0.1, -0.05) is 13.8 Å². The van der Waals surface area contributed by atoms with Gasteiger partial charge in [0.15, 0.2) is 11.2 Å². The predicted molar refractivity (Wildman–Crippen MR) is 120 cm³/mol. The molecule has 8 nitrogen and oxygen atoms in total. The van der Waals surface area contributed by atoms with Gasteiger partial charge >= 0.3 is 5.97 Å². The molecule has 9 heteroatoms. The first-order valence-corrected chi connectivity index (χ1v) is 10.7. The molecule has 5 rings (SSSR count). The molecule has 0 bridgehead atoms. The van der Waals surface area contributed by atoms with Gasteiger partial charge in [-0.2, -0.15) is 5.10 Å². The van der Waals surface area contributed by atoms with E-state index in [2.05, 4.69) is 10.2 Å². The van der Waals surface area contributed by atoms with Crippen LogP contribution in [0.25, 0.3) is 27.8 Å². The van der Waals surface area contributed by atoms with Crippen LogP contribution in [-0.2, 0) is 14.9 Å². The van der Waals surface area contributed by atoms with Crippen molar-refractivity contribution in [1.29, 1.82) is 0 Å². The molecule has 3 heterocycles. The minimum atomic E-state index is -1.75. The molecule has 0 radical (unpaired) electrons. The Morgan fingerprint density at radius 3 is 2.67 bits per heavy atom. The Labute approximate surface area is 189 Å². The molecular weight excluding hydrogens is 427 g/mol. The minimum Gasteiger partial charge on any atom is -0.479 e. The summed E-state index contributed by atoms with van der Waals surface area (Å²) in [4.78, 5) is 16.4. The highest BCUT2D eigenvalue weighted by molar-refractivity contribution is 5.94. The lowest BCUT2D eigenvalue weighted by molar-refractivity contribution is -0.169. The summed E-state index contributed by atoms with van der Waals surface area (Å²) < 4.78 is 21.3. The molecule has 4 aromatic rings. The predicted octanol–water partition coefficient (Wildman–Crippen LogP) is 3.66. The molecule has 3 aromatic heterocycles. The van der Waals surface area contributed by atoms with Gasteiger partial charge in [-0.05, 0) is 49.1 Å². The summed E-state index contributed by atoms with van der Waals surface area (Å²) in [5.74, 6) is -1.77. The second-order valence-corrected chi connectivity index (χ2v) is 9.50. The average Bonchev–Trinajstić information content (AvgIpc) is 3.32. The Morgan fingerprint density at radius 2 is 2.03 bits per heavy atom. The highest BCUT2D eigenvalue weighted by Gasteiger charge is 2.52. The third-order valence-electron chi connectivity index (χ3n) is 6.59. The Balaban J connectivity index is 1.85. The number of hydrogen-bond acceptors (Lipinski definition) is 5. The molecule has 1 aromatic carbocycles. The van der Waals surface area contributed by atoms with Gasteiger partial charge < -0.3 is 19.5 Å². The van der Waals surface area contributed by atoms with Gasteiger partial charge in [-0.15, -0.1) is 0 Å². The van der Waals surface area contributed by atoms with Crippen LogP contribution >= 0.6 is 0 Å². The highest BCUT2D eigenvalue weighted by atomic mass is 19.1. The van der Waals surface area contributed by atoms with E-state index in [1.54, 1.807) is 25.4 Å². The summed E-state index contributed by atoms with van der Waals surface area (Å²) in [6, 6.07) is 8.20. The smallest absolute Gasteiger partial charge is 0.335 e. The van der Waals surface area contributed by atoms with E-state index < -0.39 is 17.0 Å². The van der Waals surface area contributed by atoms with E-state index in [0.717, 1.165) is 27.8 Å². The maximum Gasteiger partial charge on any atom is 0.335 e. The number of halogens is 1. The lowest BCUT2D eigenvalue weighted by Gasteiger charge is -2.41. The summed E-state index contributed by atoms with van der Waals surface area (Å²) in [5, 5.41) is 27.7. The summed E-state index contributed by atoms with van der Waals surface area (Å²) in [5.41, 5.74) is 2.39. The van der Waals surface area contributed by atoms with Gasteiger partial charge in [-0.3, -0.25) is 5.10 Å². The third-order valence-corrected chi connectivity index (χ3v) is 6.59. The van der Waals surface area contributed by atoms with E-state index in [1.807, 2.05) is 24.5 Å². The Kier molecular flexibility index (Phi) is 4.80. The van der Waals surface area contributed by atoms with Crippen molar-refractivity contribution in [2.24, 2.45) is 0 Å². The fraction of sp³-hybridized carbons (Fsp3) is 0.375. The second kappa shape index (κ2) is 7.36. The van der Waals surface area contributed by atoms with Crippen molar-refractivity contribution in [3.8, 4) is 5.69 Å². The Morgan fingerprint density at radius 1 is 1.33 bits per heavy atom. The van der Waals surface area contributed by atoms with Crippen LogP contribution in [0, 0.1) is 5.82 Å². The lowest BCUT2D eigenvalue weighted by Crippen LogP contribution is -2.49. The number of ether oxygens (including phenoxy) is 1. The van der Waals surface area contributed by atoms with E-state index in [-0.39, 0.29) is 24.6 Å². The first kappa shape index (κ1) is 21.5. The van der Waals surface area contributed by atoms with Crippen molar-refractivity contribution in [1.82, 2.24) is 19.7 Å². The number of carbonyl (C=O) groups is 1. The first-order valence-electron chi connectivity index (χ1n) is 10.7. The number of aromatic nitrogens is 4. The maximum absolute atomic E-state index is 13.8. The molecule has 33 heavy (non-hydrogen) atoms. The topological polar surface area (TPSA) is 113 Å². The zero-order valence-electron chi connectivity index (χ0n) is 18.6. The molecule has 1 fully saturated rings. The molecule has 1 saturated carbocycles. The van der Waals surface area contributed by atoms with Crippen LogP contribution in [0.15, 0.2) is 36.5 Å². The fourth-order valence-corrected chi connectivity index (χ4v) is 5.07. The molecule has 0 amide bonds. The van der Waals surface area contributed by atoms with Gasteiger partial charge in [0.1, 0.15) is 5.82 Å². The van der Waals surface area contributed by atoms with Gasteiger partial charge in [0.05, 0.1) is 23.8 Å². The second-order valence-electron chi connectivity index (χ2n) is 9.50. The van der Waals surface area contributed by atoms with E-state index in [9.17, 15) is 19.4 Å². The number of aliphatic carboxylic acids is 1. The number of H-pyrrole nitrogens is 1. The SMILES string of the molecule is COCC(C)(C)c1c([C@H]2C[C@](O)(C(=O)O)C2)c2nc3[nH]ncc3cc2n1-c1ccc(F)cc1. The monoisotopic (exact) mass is 452 g/mol. The maximum atomic E-state index is 13.8. The zero-order chi connectivity index (χ0) is 23.5. The van der Waals surface area contributed by atoms with Crippen molar-refractivity contribution < 1.29 is 24.1 Å². The number of benzene rings is 1. The first-order chi connectivity index (χ1) is 15.6. The van der Waals surface area contributed by atoms with Crippen molar-refractivity contribution in [3.63, 3.8) is 0 Å². The van der Waals surface area contributed by atoms with Crippen molar-refractivity contribution in [2.75, 3.05) is 13.7 Å². The molecule has 1 aliphatic rings. The molecule has 0 atom stereocenters. The molecule has 0 aliphatic heterocycles. The number of aliphatic hydroxyl groups is 1. The summed E-state index contributed by atoms with van der Waals surface area (Å²) >= 11 is 0. The van der Waals surface area contributed by atoms with E-state index in [1.165, 1.54) is 12.1 Å². The van der Waals surface area contributed by atoms with E-state index >= 15 is 0 Å².